The van der Waals surface area contributed by atoms with Crippen LogP contribution < -0.4 is 5.32 Å². The summed E-state index contributed by atoms with van der Waals surface area (Å²) in [4.78, 5) is 15.5. The molecule has 0 bridgehead atoms. The minimum absolute atomic E-state index is 0.198. The third-order valence-corrected chi connectivity index (χ3v) is 4.19. The molecule has 0 unspecified atom stereocenters. The first-order chi connectivity index (χ1) is 10.3. The van der Waals surface area contributed by atoms with E-state index in [2.05, 4.69) is 10.3 Å². The van der Waals surface area contributed by atoms with Crippen LogP contribution >= 0.6 is 0 Å². The van der Waals surface area contributed by atoms with Gasteiger partial charge in [0.2, 0.25) is 9.84 Å². The van der Waals surface area contributed by atoms with Crippen molar-refractivity contribution in [1.82, 2.24) is 4.98 Å². The lowest BCUT2D eigenvalue weighted by Gasteiger charge is -2.07. The van der Waals surface area contributed by atoms with Gasteiger partial charge in [0.25, 0.3) is 5.91 Å². The lowest BCUT2D eigenvalue weighted by Crippen LogP contribution is -2.14. The molecule has 0 radical (unpaired) electrons. The van der Waals surface area contributed by atoms with E-state index in [0.29, 0.717) is 5.69 Å². The molecule has 22 heavy (non-hydrogen) atoms. The number of sulfone groups is 1. The topological polar surface area (TPSA) is 76.1 Å². The first kappa shape index (κ1) is 16.0. The third kappa shape index (κ3) is 3.45. The first-order valence-electron chi connectivity index (χ1n) is 6.18. The summed E-state index contributed by atoms with van der Waals surface area (Å²) < 4.78 is 47.4. The molecule has 1 aromatic carbocycles. The highest BCUT2D eigenvalue weighted by molar-refractivity contribution is 7.91. The largest absolute Gasteiger partial charge is 0.341 e. The van der Waals surface area contributed by atoms with Gasteiger partial charge >= 0.3 is 5.76 Å². The van der Waals surface area contributed by atoms with Crippen molar-refractivity contribution in [1.29, 1.82) is 0 Å². The minimum Gasteiger partial charge on any atom is -0.321 e. The zero-order valence-corrected chi connectivity index (χ0v) is 12.3. The predicted molar refractivity (Wildman–Crippen MR) is 76.6 cm³/mol. The molecule has 0 saturated carbocycles. The maximum atomic E-state index is 12.4. The van der Waals surface area contributed by atoms with E-state index in [9.17, 15) is 22.0 Å². The fraction of sp³-hybridized carbons (Fsp3) is 0.143. The second kappa shape index (κ2) is 6.18. The van der Waals surface area contributed by atoms with Crippen LogP contribution in [0.15, 0.2) is 47.4 Å². The molecular formula is C14H12F2N2O3S. The molecule has 0 aliphatic heterocycles. The van der Waals surface area contributed by atoms with Gasteiger partial charge in [-0.3, -0.25) is 4.79 Å². The van der Waals surface area contributed by atoms with Crippen LogP contribution in [0.1, 0.15) is 16.2 Å². The number of hydrogen-bond donors (Lipinski definition) is 1. The highest BCUT2D eigenvalue weighted by Gasteiger charge is 2.26. The standard InChI is InChI=1S/C14H12F2N2O3S/c1-9-3-2-4-12(17-9)13(19)18-10-5-7-11(8-6-10)22(20,21)14(15)16/h2-8,14H,1H3,(H,18,19). The number of aryl methyl sites for hydroxylation is 1. The summed E-state index contributed by atoms with van der Waals surface area (Å²) in [5, 5.41) is 2.51. The van der Waals surface area contributed by atoms with E-state index in [0.717, 1.165) is 12.1 Å². The number of nitrogens with zero attached hydrogens (tertiary/aromatic N) is 1. The van der Waals surface area contributed by atoms with E-state index < -0.39 is 26.4 Å². The van der Waals surface area contributed by atoms with Crippen LogP contribution in [-0.2, 0) is 9.84 Å². The number of alkyl halides is 2. The molecule has 0 spiro atoms. The molecule has 2 rings (SSSR count). The number of hydrogen-bond acceptors (Lipinski definition) is 4. The number of pyridine rings is 1. The average molecular weight is 326 g/mol. The molecule has 0 atom stereocenters. The van der Waals surface area contributed by atoms with E-state index in [4.69, 9.17) is 0 Å². The van der Waals surface area contributed by atoms with Crippen LogP contribution in [0.3, 0.4) is 0 Å². The molecule has 5 nitrogen and oxygen atoms in total. The van der Waals surface area contributed by atoms with Crippen LogP contribution in [-0.4, -0.2) is 25.1 Å². The Morgan fingerprint density at radius 1 is 1.14 bits per heavy atom. The van der Waals surface area contributed by atoms with Gasteiger partial charge in [0.05, 0.1) is 4.90 Å². The van der Waals surface area contributed by atoms with E-state index in [1.807, 2.05) is 0 Å². The summed E-state index contributed by atoms with van der Waals surface area (Å²) in [5.41, 5.74) is 1.15. The second-order valence-corrected chi connectivity index (χ2v) is 6.37. The van der Waals surface area contributed by atoms with Crippen LogP contribution in [0.25, 0.3) is 0 Å². The normalized spacial score (nSPS) is 11.5. The maximum absolute atomic E-state index is 12.4. The van der Waals surface area contributed by atoms with E-state index in [-0.39, 0.29) is 11.4 Å². The number of aromatic nitrogens is 1. The lowest BCUT2D eigenvalue weighted by atomic mass is 10.2. The molecule has 1 N–H and O–H groups in total. The molecular weight excluding hydrogens is 314 g/mol. The van der Waals surface area contributed by atoms with Gasteiger partial charge in [-0.25, -0.2) is 13.4 Å². The van der Waals surface area contributed by atoms with Crippen LogP contribution in [0.4, 0.5) is 14.5 Å². The quantitative estimate of drug-likeness (QED) is 0.937. The van der Waals surface area contributed by atoms with Gasteiger partial charge < -0.3 is 5.32 Å². The van der Waals surface area contributed by atoms with Gasteiger partial charge in [0, 0.05) is 11.4 Å². The zero-order chi connectivity index (χ0) is 16.3. The summed E-state index contributed by atoms with van der Waals surface area (Å²) in [6, 6.07) is 9.45. The Labute approximate surface area is 125 Å². The van der Waals surface area contributed by atoms with Crippen molar-refractivity contribution >= 4 is 21.4 Å². The van der Waals surface area contributed by atoms with E-state index >= 15 is 0 Å². The van der Waals surface area contributed by atoms with Crippen LogP contribution in [0, 0.1) is 6.92 Å². The molecule has 0 saturated heterocycles. The molecule has 0 fully saturated rings. The summed E-state index contributed by atoms with van der Waals surface area (Å²) in [6.45, 7) is 1.74. The van der Waals surface area contributed by atoms with Crippen LogP contribution in [0.2, 0.25) is 0 Å². The van der Waals surface area contributed by atoms with Gasteiger partial charge in [0.15, 0.2) is 0 Å². The summed E-state index contributed by atoms with van der Waals surface area (Å²) in [5.74, 6) is -3.96. The lowest BCUT2D eigenvalue weighted by molar-refractivity contribution is 0.102. The predicted octanol–water partition coefficient (Wildman–Crippen LogP) is 2.64. The number of anilines is 1. The molecule has 1 aromatic heterocycles. The van der Waals surface area contributed by atoms with Crippen molar-refractivity contribution in [3.8, 4) is 0 Å². The fourth-order valence-corrected chi connectivity index (χ4v) is 2.42. The van der Waals surface area contributed by atoms with Crippen molar-refractivity contribution in [2.24, 2.45) is 0 Å². The van der Waals surface area contributed by atoms with Crippen molar-refractivity contribution in [3.05, 3.63) is 53.9 Å². The van der Waals surface area contributed by atoms with E-state index in [1.54, 1.807) is 19.1 Å². The molecule has 116 valence electrons. The first-order valence-corrected chi connectivity index (χ1v) is 7.72. The van der Waals surface area contributed by atoms with E-state index in [1.165, 1.54) is 18.2 Å². The number of halogens is 2. The van der Waals surface area contributed by atoms with Gasteiger partial charge in [-0.2, -0.15) is 8.78 Å². The highest BCUT2D eigenvalue weighted by Crippen LogP contribution is 2.20. The molecule has 8 heteroatoms. The molecule has 0 aliphatic rings. The monoisotopic (exact) mass is 326 g/mol. The Morgan fingerprint density at radius 3 is 2.32 bits per heavy atom. The Balaban J connectivity index is 2.17. The molecule has 2 aromatic rings. The van der Waals surface area contributed by atoms with Crippen LogP contribution in [0.5, 0.6) is 0 Å². The van der Waals surface area contributed by atoms with Gasteiger partial charge in [-0.15, -0.1) is 0 Å². The smallest absolute Gasteiger partial charge is 0.321 e. The molecule has 0 aliphatic carbocycles. The fourth-order valence-electron chi connectivity index (χ4n) is 1.70. The number of carbonyl (C=O) groups is 1. The second-order valence-electron chi connectivity index (χ2n) is 4.45. The van der Waals surface area contributed by atoms with Crippen molar-refractivity contribution in [2.75, 3.05) is 5.32 Å². The maximum Gasteiger partial charge on any atom is 0.341 e. The van der Waals surface area contributed by atoms with Crippen molar-refractivity contribution in [2.45, 2.75) is 17.6 Å². The zero-order valence-electron chi connectivity index (χ0n) is 11.5. The molecule has 1 amide bonds. The highest BCUT2D eigenvalue weighted by atomic mass is 32.2. The Kier molecular flexibility index (Phi) is 4.51. The number of benzene rings is 1. The van der Waals surface area contributed by atoms with Crippen molar-refractivity contribution < 1.29 is 22.0 Å². The van der Waals surface area contributed by atoms with Crippen molar-refractivity contribution in [3.63, 3.8) is 0 Å². The average Bonchev–Trinajstić information content (AvgIpc) is 2.47. The summed E-state index contributed by atoms with van der Waals surface area (Å²) in [6.07, 6.45) is 0. The molecule has 1 heterocycles. The van der Waals surface area contributed by atoms with Gasteiger partial charge in [0.1, 0.15) is 5.69 Å². The SMILES string of the molecule is Cc1cccc(C(=O)Nc2ccc(S(=O)(=O)C(F)F)cc2)n1. The Hall–Kier alpha value is -2.35. The number of carbonyl (C=O) groups excluding carboxylic acids is 1. The van der Waals surface area contributed by atoms with Gasteiger partial charge in [-0.05, 0) is 43.3 Å². The summed E-state index contributed by atoms with van der Waals surface area (Å²) in [7, 11) is -4.64. The number of nitrogens with one attached hydrogen (secondary N) is 1. The summed E-state index contributed by atoms with van der Waals surface area (Å²) >= 11 is 0. The minimum atomic E-state index is -4.64. The Morgan fingerprint density at radius 2 is 1.77 bits per heavy atom. The number of amides is 1. The number of rotatable bonds is 4. The Bertz CT molecular complexity index is 790. The van der Waals surface area contributed by atoms with Gasteiger partial charge in [-0.1, -0.05) is 6.07 Å². The third-order valence-electron chi connectivity index (χ3n) is 2.80.